The number of ether oxygens (including phenoxy) is 1. The lowest BCUT2D eigenvalue weighted by atomic mass is 10.1. The highest BCUT2D eigenvalue weighted by Gasteiger charge is 2.32. The fourth-order valence-corrected chi connectivity index (χ4v) is 5.64. The molecule has 33 heavy (non-hydrogen) atoms. The number of benzene rings is 2. The van der Waals surface area contributed by atoms with Crippen molar-refractivity contribution < 1.29 is 26.3 Å². The number of nitrogens with zero attached hydrogens (tertiary/aromatic N) is 3. The van der Waals surface area contributed by atoms with E-state index < -0.39 is 21.9 Å². The minimum absolute atomic E-state index is 0.0945. The third kappa shape index (κ3) is 6.29. The van der Waals surface area contributed by atoms with Crippen LogP contribution >= 0.6 is 0 Å². The van der Waals surface area contributed by atoms with Gasteiger partial charge in [-0.15, -0.1) is 13.2 Å². The average Bonchev–Trinajstić information content (AvgIpc) is 3.20. The molecule has 174 valence electrons. The lowest BCUT2D eigenvalue weighted by Crippen LogP contribution is -2.23. The maximum absolute atomic E-state index is 12.8. The molecule has 0 saturated carbocycles. The maximum atomic E-state index is 12.8. The van der Waals surface area contributed by atoms with Crippen LogP contribution in [-0.4, -0.2) is 48.5 Å². The number of likely N-dealkylation sites (tertiary alicyclic amines) is 1. The first-order chi connectivity index (χ1) is 15.7. The molecule has 2 aromatic carbocycles. The molecule has 1 fully saturated rings. The SMILES string of the molecule is O=S(=O)(C[C@@H]1CCN(Cc2ccc(-c3cncnc3)cc2)C1)c1cccc(OC(F)(F)F)c1. The second-order valence-corrected chi connectivity index (χ2v) is 10.1. The number of hydrogen-bond acceptors (Lipinski definition) is 6. The van der Waals surface area contributed by atoms with Crippen LogP contribution < -0.4 is 4.74 Å². The van der Waals surface area contributed by atoms with Gasteiger partial charge in [-0.3, -0.25) is 4.90 Å². The van der Waals surface area contributed by atoms with Gasteiger partial charge in [0.05, 0.1) is 10.6 Å². The van der Waals surface area contributed by atoms with Crippen molar-refractivity contribution in [1.82, 2.24) is 14.9 Å². The topological polar surface area (TPSA) is 72.4 Å². The molecule has 10 heteroatoms. The second-order valence-electron chi connectivity index (χ2n) is 8.02. The van der Waals surface area contributed by atoms with E-state index in [-0.39, 0.29) is 16.6 Å². The highest BCUT2D eigenvalue weighted by atomic mass is 32.2. The fraction of sp³-hybridized carbons (Fsp3) is 0.304. The molecule has 1 aromatic heterocycles. The molecule has 4 rings (SSSR count). The Labute approximate surface area is 190 Å². The van der Waals surface area contributed by atoms with Crippen LogP contribution in [0.4, 0.5) is 13.2 Å². The highest BCUT2D eigenvalue weighted by molar-refractivity contribution is 7.91. The Morgan fingerprint density at radius 3 is 2.45 bits per heavy atom. The van der Waals surface area contributed by atoms with Crippen molar-refractivity contribution in [3.05, 3.63) is 72.8 Å². The van der Waals surface area contributed by atoms with Crippen molar-refractivity contribution in [3.8, 4) is 16.9 Å². The van der Waals surface area contributed by atoms with E-state index in [0.29, 0.717) is 19.5 Å². The maximum Gasteiger partial charge on any atom is 0.573 e. The van der Waals surface area contributed by atoms with Crippen molar-refractivity contribution in [3.63, 3.8) is 0 Å². The summed E-state index contributed by atoms with van der Waals surface area (Å²) in [6, 6.07) is 12.6. The molecule has 0 unspecified atom stereocenters. The predicted octanol–water partition coefficient (Wildman–Crippen LogP) is 4.34. The molecular formula is C23H22F3N3O3S. The van der Waals surface area contributed by atoms with E-state index in [1.54, 1.807) is 12.4 Å². The van der Waals surface area contributed by atoms with Gasteiger partial charge in [-0.05, 0) is 48.2 Å². The van der Waals surface area contributed by atoms with E-state index in [4.69, 9.17) is 0 Å². The van der Waals surface area contributed by atoms with E-state index in [9.17, 15) is 21.6 Å². The summed E-state index contributed by atoms with van der Waals surface area (Å²) in [6.45, 7) is 2.05. The van der Waals surface area contributed by atoms with Gasteiger partial charge >= 0.3 is 6.36 Å². The van der Waals surface area contributed by atoms with Gasteiger partial charge in [-0.2, -0.15) is 0 Å². The van der Waals surface area contributed by atoms with Crippen LogP contribution in [0, 0.1) is 5.92 Å². The zero-order valence-corrected chi connectivity index (χ0v) is 18.4. The van der Waals surface area contributed by atoms with Crippen molar-refractivity contribution >= 4 is 9.84 Å². The van der Waals surface area contributed by atoms with Crippen molar-refractivity contribution in [2.75, 3.05) is 18.8 Å². The summed E-state index contributed by atoms with van der Waals surface area (Å²) in [5, 5.41) is 0. The normalized spacial score (nSPS) is 17.2. The molecule has 1 saturated heterocycles. The summed E-state index contributed by atoms with van der Waals surface area (Å²) < 4.78 is 66.7. The molecule has 1 aliphatic rings. The summed E-state index contributed by atoms with van der Waals surface area (Å²) in [6.07, 6.45) is 0.810. The molecule has 0 bridgehead atoms. The van der Waals surface area contributed by atoms with E-state index in [1.807, 2.05) is 24.3 Å². The first-order valence-corrected chi connectivity index (χ1v) is 12.0. The summed E-state index contributed by atoms with van der Waals surface area (Å²) in [7, 11) is -3.74. The second kappa shape index (κ2) is 9.48. The van der Waals surface area contributed by atoms with E-state index in [0.717, 1.165) is 35.4 Å². The molecule has 0 amide bonds. The number of sulfone groups is 1. The molecule has 0 N–H and O–H groups in total. The van der Waals surface area contributed by atoms with Crippen LogP contribution in [0.1, 0.15) is 12.0 Å². The van der Waals surface area contributed by atoms with Gasteiger partial charge in [0.15, 0.2) is 9.84 Å². The van der Waals surface area contributed by atoms with Crippen LogP contribution in [0.25, 0.3) is 11.1 Å². The van der Waals surface area contributed by atoms with E-state index in [2.05, 4.69) is 19.6 Å². The van der Waals surface area contributed by atoms with Gasteiger partial charge in [-0.1, -0.05) is 30.3 Å². The number of halogens is 3. The van der Waals surface area contributed by atoms with Gasteiger partial charge < -0.3 is 4.74 Å². The number of aromatic nitrogens is 2. The van der Waals surface area contributed by atoms with Gasteiger partial charge in [0.1, 0.15) is 12.1 Å². The molecule has 1 aliphatic heterocycles. The molecule has 6 nitrogen and oxygen atoms in total. The van der Waals surface area contributed by atoms with E-state index in [1.165, 1.54) is 18.5 Å². The van der Waals surface area contributed by atoms with Crippen LogP contribution in [-0.2, 0) is 16.4 Å². The average molecular weight is 478 g/mol. The minimum Gasteiger partial charge on any atom is -0.406 e. The fourth-order valence-electron chi connectivity index (χ4n) is 3.97. The molecule has 1 atom stereocenters. The zero-order valence-electron chi connectivity index (χ0n) is 17.6. The van der Waals surface area contributed by atoms with Crippen LogP contribution in [0.3, 0.4) is 0 Å². The first kappa shape index (κ1) is 23.2. The Morgan fingerprint density at radius 1 is 1.03 bits per heavy atom. The summed E-state index contributed by atoms with van der Waals surface area (Å²) >= 11 is 0. The van der Waals surface area contributed by atoms with Crippen LogP contribution in [0.15, 0.2) is 72.1 Å². The quantitative estimate of drug-likeness (QED) is 0.504. The molecule has 0 aliphatic carbocycles. The van der Waals surface area contributed by atoms with Crippen molar-refractivity contribution in [1.29, 1.82) is 0 Å². The lowest BCUT2D eigenvalue weighted by molar-refractivity contribution is -0.274. The first-order valence-electron chi connectivity index (χ1n) is 10.3. The molecule has 0 radical (unpaired) electrons. The van der Waals surface area contributed by atoms with Crippen molar-refractivity contribution in [2.24, 2.45) is 5.92 Å². The number of rotatable bonds is 7. The van der Waals surface area contributed by atoms with Gasteiger partial charge in [0, 0.05) is 31.0 Å². The van der Waals surface area contributed by atoms with Crippen LogP contribution in [0.5, 0.6) is 5.75 Å². The molecule has 3 aromatic rings. The molecule has 0 spiro atoms. The Balaban J connectivity index is 1.35. The minimum atomic E-state index is -4.87. The molecular weight excluding hydrogens is 455 g/mol. The highest BCUT2D eigenvalue weighted by Crippen LogP contribution is 2.28. The zero-order chi connectivity index (χ0) is 23.5. The number of alkyl halides is 3. The Kier molecular flexibility index (Phi) is 6.66. The standard InChI is InChI=1S/C23H22F3N3O3S/c24-23(25,26)32-21-2-1-3-22(10-21)33(30,31)15-18-8-9-29(14-18)13-17-4-6-19(7-5-17)20-11-27-16-28-12-20/h1-7,10-12,16,18H,8-9,13-15H2/t18-/m1/s1. The number of hydrogen-bond donors (Lipinski definition) is 0. The van der Waals surface area contributed by atoms with E-state index >= 15 is 0 Å². The smallest absolute Gasteiger partial charge is 0.406 e. The van der Waals surface area contributed by atoms with Gasteiger partial charge in [-0.25, -0.2) is 18.4 Å². The lowest BCUT2D eigenvalue weighted by Gasteiger charge is -2.17. The van der Waals surface area contributed by atoms with Crippen molar-refractivity contribution in [2.45, 2.75) is 24.2 Å². The summed E-state index contributed by atoms with van der Waals surface area (Å²) in [5.74, 6) is -0.753. The molecule has 2 heterocycles. The summed E-state index contributed by atoms with van der Waals surface area (Å²) in [4.78, 5) is 10.1. The third-order valence-electron chi connectivity index (χ3n) is 5.48. The monoisotopic (exact) mass is 477 g/mol. The third-order valence-corrected chi connectivity index (χ3v) is 7.36. The summed E-state index contributed by atoms with van der Waals surface area (Å²) in [5.41, 5.74) is 3.05. The largest absolute Gasteiger partial charge is 0.573 e. The Morgan fingerprint density at radius 2 is 1.76 bits per heavy atom. The predicted molar refractivity (Wildman–Crippen MR) is 116 cm³/mol. The van der Waals surface area contributed by atoms with Gasteiger partial charge in [0.25, 0.3) is 0 Å². The Bertz CT molecular complexity index is 1190. The Hall–Kier alpha value is -2.98. The van der Waals surface area contributed by atoms with Gasteiger partial charge in [0.2, 0.25) is 0 Å². The van der Waals surface area contributed by atoms with Crippen LogP contribution in [0.2, 0.25) is 0 Å².